The highest BCUT2D eigenvalue weighted by atomic mass is 32.2. The molecule has 0 fully saturated rings. The maximum Gasteiger partial charge on any atom is 0.257 e. The van der Waals surface area contributed by atoms with Gasteiger partial charge in [-0.15, -0.1) is 0 Å². The molecule has 0 unspecified atom stereocenters. The van der Waals surface area contributed by atoms with E-state index in [0.717, 1.165) is 6.54 Å². The molecule has 3 atom stereocenters. The third-order valence-corrected chi connectivity index (χ3v) is 6.96. The summed E-state index contributed by atoms with van der Waals surface area (Å²) in [6, 6.07) is 13.8. The number of carbonyl (C=O) groups excluding carboxylic acids is 1. The third kappa shape index (κ3) is 6.93. The minimum Gasteiger partial charge on any atom is -0.491 e. The molecule has 0 aromatic heterocycles. The number of fused-ring (bicyclic) bond motifs is 1. The molecule has 1 amide bonds. The smallest absolute Gasteiger partial charge is 0.257 e. The minimum absolute atomic E-state index is 0.0640. The van der Waals surface area contributed by atoms with Gasteiger partial charge in [-0.05, 0) is 36.6 Å². The van der Waals surface area contributed by atoms with Gasteiger partial charge in [0.05, 0.1) is 17.4 Å². The van der Waals surface area contributed by atoms with Crippen LogP contribution in [0.5, 0.6) is 5.75 Å². The Hall–Kier alpha value is -2.62. The number of ether oxygens (including phenoxy) is 2. The van der Waals surface area contributed by atoms with Crippen LogP contribution in [0.4, 0.5) is 5.69 Å². The topological polar surface area (TPSA) is 97.0 Å². The highest BCUT2D eigenvalue weighted by molar-refractivity contribution is 7.91. The van der Waals surface area contributed by atoms with Gasteiger partial charge in [0.2, 0.25) is 10.0 Å². The van der Waals surface area contributed by atoms with Crippen LogP contribution < -0.4 is 14.8 Å². The fourth-order valence-corrected chi connectivity index (χ4v) is 4.92. The number of nitrogens with one attached hydrogen (secondary N) is 2. The van der Waals surface area contributed by atoms with Crippen LogP contribution >= 0.6 is 0 Å². The van der Waals surface area contributed by atoms with Gasteiger partial charge in [-0.2, -0.15) is 0 Å². The van der Waals surface area contributed by atoms with E-state index in [-0.39, 0.29) is 29.7 Å². The van der Waals surface area contributed by atoms with Gasteiger partial charge >= 0.3 is 0 Å². The van der Waals surface area contributed by atoms with Crippen molar-refractivity contribution in [2.75, 3.05) is 38.6 Å². The van der Waals surface area contributed by atoms with Gasteiger partial charge in [-0.25, -0.2) is 8.42 Å². The lowest BCUT2D eigenvalue weighted by Gasteiger charge is -2.30. The van der Waals surface area contributed by atoms with Crippen molar-refractivity contribution in [3.8, 4) is 5.75 Å². The molecule has 8 nitrogen and oxygen atoms in total. The highest BCUT2D eigenvalue weighted by Gasteiger charge is 2.26. The zero-order valence-electron chi connectivity index (χ0n) is 19.6. The van der Waals surface area contributed by atoms with E-state index in [1.165, 1.54) is 6.07 Å². The fourth-order valence-electron chi connectivity index (χ4n) is 3.73. The zero-order valence-corrected chi connectivity index (χ0v) is 20.4. The van der Waals surface area contributed by atoms with Crippen molar-refractivity contribution in [2.24, 2.45) is 5.92 Å². The Morgan fingerprint density at radius 1 is 1.18 bits per heavy atom. The molecule has 0 radical (unpaired) electrons. The number of sulfonamides is 1. The molecule has 1 aliphatic rings. The molecule has 33 heavy (non-hydrogen) atoms. The average molecular weight is 476 g/mol. The second-order valence-electron chi connectivity index (χ2n) is 8.62. The predicted molar refractivity (Wildman–Crippen MR) is 129 cm³/mol. The van der Waals surface area contributed by atoms with E-state index in [0.29, 0.717) is 35.7 Å². The van der Waals surface area contributed by atoms with Gasteiger partial charge in [0.1, 0.15) is 12.4 Å². The first-order valence-electron chi connectivity index (χ1n) is 11.0. The van der Waals surface area contributed by atoms with E-state index in [2.05, 4.69) is 17.0 Å². The lowest BCUT2D eigenvalue weighted by Crippen LogP contribution is -2.44. The highest BCUT2D eigenvalue weighted by Crippen LogP contribution is 2.26. The quantitative estimate of drug-likeness (QED) is 0.690. The molecule has 2 aromatic carbocycles. The number of anilines is 1. The van der Waals surface area contributed by atoms with E-state index in [1.807, 2.05) is 13.0 Å². The number of amides is 1. The summed E-state index contributed by atoms with van der Waals surface area (Å²) in [7, 11) is -0.308. The minimum atomic E-state index is -3.66. The molecule has 0 bridgehead atoms. The van der Waals surface area contributed by atoms with Gasteiger partial charge in [-0.3, -0.25) is 9.52 Å². The summed E-state index contributed by atoms with van der Waals surface area (Å²) in [6.07, 6.45) is -0.144. The number of hydrogen-bond donors (Lipinski definition) is 2. The Labute approximate surface area is 196 Å². The number of likely N-dealkylation sites (N-methyl/N-ethyl adjacent to an activating group) is 1. The summed E-state index contributed by atoms with van der Waals surface area (Å²) in [5, 5.41) is 3.44. The maximum absolute atomic E-state index is 13.3. The molecule has 1 heterocycles. The summed E-state index contributed by atoms with van der Waals surface area (Å²) >= 11 is 0. The normalized spacial score (nSPS) is 22.5. The number of nitrogens with zero attached hydrogens (tertiary/aromatic N) is 1. The second kappa shape index (κ2) is 11.0. The largest absolute Gasteiger partial charge is 0.491 e. The molecule has 180 valence electrons. The molecular formula is C24H33N3O5S. The molecule has 0 aliphatic carbocycles. The van der Waals surface area contributed by atoms with Crippen LogP contribution in [-0.2, 0) is 20.5 Å². The van der Waals surface area contributed by atoms with Crippen LogP contribution in [0.2, 0.25) is 0 Å². The molecular weight excluding hydrogens is 442 g/mol. The van der Waals surface area contributed by atoms with E-state index >= 15 is 0 Å². The first kappa shape index (κ1) is 25.0. The second-order valence-corrected chi connectivity index (χ2v) is 10.3. The summed E-state index contributed by atoms with van der Waals surface area (Å²) in [5.74, 6) is 0.174. The predicted octanol–water partition coefficient (Wildman–Crippen LogP) is 2.72. The maximum atomic E-state index is 13.3. The van der Waals surface area contributed by atoms with E-state index < -0.39 is 10.0 Å². The Bertz CT molecular complexity index is 1050. The monoisotopic (exact) mass is 475 g/mol. The van der Waals surface area contributed by atoms with Gasteiger partial charge < -0.3 is 19.7 Å². The fraction of sp³-hybridized carbons (Fsp3) is 0.458. The Morgan fingerprint density at radius 2 is 1.91 bits per heavy atom. The number of carbonyl (C=O) groups is 1. The third-order valence-electron chi connectivity index (χ3n) is 5.70. The van der Waals surface area contributed by atoms with E-state index in [1.54, 1.807) is 55.5 Å². The van der Waals surface area contributed by atoms with Crippen molar-refractivity contribution in [1.29, 1.82) is 0 Å². The lowest BCUT2D eigenvalue weighted by molar-refractivity contribution is 0.0281. The first-order chi connectivity index (χ1) is 15.7. The van der Waals surface area contributed by atoms with Crippen molar-refractivity contribution < 1.29 is 22.7 Å². The SMILES string of the molecule is CO[C@@H]1CN(C)C(=O)c2cc(NS(=O)(=O)Cc3ccccc3)ccc2OC[C@H](C)NC[C@@H]1C. The van der Waals surface area contributed by atoms with Gasteiger partial charge in [-0.1, -0.05) is 37.3 Å². The van der Waals surface area contributed by atoms with Crippen molar-refractivity contribution >= 4 is 21.6 Å². The summed E-state index contributed by atoms with van der Waals surface area (Å²) in [6.45, 7) is 5.59. The van der Waals surface area contributed by atoms with Crippen LogP contribution in [0.25, 0.3) is 0 Å². The van der Waals surface area contributed by atoms with Crippen molar-refractivity contribution in [1.82, 2.24) is 10.2 Å². The van der Waals surface area contributed by atoms with Gasteiger partial charge in [0.25, 0.3) is 5.91 Å². The molecule has 2 N–H and O–H groups in total. The van der Waals surface area contributed by atoms with Crippen molar-refractivity contribution in [3.63, 3.8) is 0 Å². The van der Waals surface area contributed by atoms with Crippen LogP contribution in [0.3, 0.4) is 0 Å². The Balaban J connectivity index is 1.88. The summed E-state index contributed by atoms with van der Waals surface area (Å²) in [4.78, 5) is 14.9. The number of rotatable bonds is 5. The molecule has 2 aromatic rings. The molecule has 9 heteroatoms. The van der Waals surface area contributed by atoms with Gasteiger partial charge in [0, 0.05) is 39.0 Å². The molecule has 0 spiro atoms. The van der Waals surface area contributed by atoms with Crippen LogP contribution in [-0.4, -0.2) is 65.2 Å². The standard InChI is InChI=1S/C24H33N3O5S/c1-17-13-25-18(2)15-32-22-11-10-20(12-21(22)24(28)27(3)14-23(17)31-4)26-33(29,30)16-19-8-6-5-7-9-19/h5-12,17-18,23,25-26H,13-16H2,1-4H3/t17-,18-,23+/m0/s1. The Morgan fingerprint density at radius 3 is 2.61 bits per heavy atom. The summed E-state index contributed by atoms with van der Waals surface area (Å²) < 4.78 is 39.5. The average Bonchev–Trinajstić information content (AvgIpc) is 2.78. The van der Waals surface area contributed by atoms with E-state index in [9.17, 15) is 13.2 Å². The molecule has 3 rings (SSSR count). The van der Waals surface area contributed by atoms with Crippen molar-refractivity contribution in [3.05, 3.63) is 59.7 Å². The number of hydrogen-bond acceptors (Lipinski definition) is 6. The summed E-state index contributed by atoms with van der Waals surface area (Å²) in [5.41, 5.74) is 1.29. The zero-order chi connectivity index (χ0) is 24.0. The molecule has 0 saturated carbocycles. The first-order valence-corrected chi connectivity index (χ1v) is 12.7. The number of methoxy groups -OCH3 is 1. The van der Waals surface area contributed by atoms with Crippen LogP contribution in [0.15, 0.2) is 48.5 Å². The van der Waals surface area contributed by atoms with Crippen molar-refractivity contribution in [2.45, 2.75) is 31.7 Å². The van der Waals surface area contributed by atoms with E-state index in [4.69, 9.17) is 9.47 Å². The number of benzene rings is 2. The molecule has 1 aliphatic heterocycles. The molecule has 0 saturated heterocycles. The lowest BCUT2D eigenvalue weighted by atomic mass is 10.0. The van der Waals surface area contributed by atoms with Crippen LogP contribution in [0.1, 0.15) is 29.8 Å². The van der Waals surface area contributed by atoms with Gasteiger partial charge in [0.15, 0.2) is 0 Å². The van der Waals surface area contributed by atoms with Crippen LogP contribution in [0, 0.1) is 5.92 Å². The Kier molecular flexibility index (Phi) is 8.34.